The van der Waals surface area contributed by atoms with E-state index in [0.29, 0.717) is 5.92 Å². The van der Waals surface area contributed by atoms with E-state index in [4.69, 9.17) is 20.3 Å². The minimum atomic E-state index is 0.652. The Hall–Kier alpha value is -4.29. The van der Waals surface area contributed by atoms with Crippen molar-refractivity contribution in [3.63, 3.8) is 0 Å². The fourth-order valence-corrected chi connectivity index (χ4v) is 22.8. The molecule has 0 saturated heterocycles. The van der Waals surface area contributed by atoms with E-state index in [1.165, 1.54) is 286 Å². The van der Waals surface area contributed by atoms with Crippen molar-refractivity contribution in [3.8, 4) is 72.4 Å². The van der Waals surface area contributed by atoms with E-state index in [9.17, 15) is 0 Å². The highest BCUT2D eigenvalue weighted by molar-refractivity contribution is 7.29. The third-order valence-corrected chi connectivity index (χ3v) is 27.9. The van der Waals surface area contributed by atoms with E-state index in [1.54, 1.807) is 9.75 Å². The van der Waals surface area contributed by atoms with Gasteiger partial charge in [0, 0.05) is 91.2 Å². The summed E-state index contributed by atoms with van der Waals surface area (Å²) in [6, 6.07) is 46.7. The zero-order valence-electron chi connectivity index (χ0n) is 57.3. The van der Waals surface area contributed by atoms with Crippen LogP contribution in [-0.2, 0) is 19.3 Å². The van der Waals surface area contributed by atoms with E-state index in [-0.39, 0.29) is 0 Å². The second-order valence-corrected chi connectivity index (χ2v) is 34.7. The topological polar surface area (TPSA) is 25.8 Å². The molecular formula is C84H103ClN2S7. The number of halogens is 1. The van der Waals surface area contributed by atoms with Gasteiger partial charge in [-0.15, -0.1) is 68.0 Å². The maximum absolute atomic E-state index is 7.67. The van der Waals surface area contributed by atoms with Crippen LogP contribution in [0.25, 0.3) is 104 Å². The lowest BCUT2D eigenvalue weighted by Crippen LogP contribution is -2.04. The van der Waals surface area contributed by atoms with Crippen LogP contribution in [0.15, 0.2) is 121 Å². The molecule has 3 atom stereocenters. The molecule has 7 aromatic heterocycles. The summed E-state index contributed by atoms with van der Waals surface area (Å²) in [5, 5.41) is 3.52. The maximum atomic E-state index is 7.67. The number of hydrogen-bond donors (Lipinski definition) is 0. The Bertz CT molecular complexity index is 3920. The summed E-state index contributed by atoms with van der Waals surface area (Å²) in [6.07, 6.45) is 40.9. The third-order valence-electron chi connectivity index (χ3n) is 19.9. The molecule has 0 aliphatic carbocycles. The maximum Gasteiger partial charge on any atom is 0.115 e. The molecule has 0 aliphatic heterocycles. The highest BCUT2D eigenvalue weighted by Gasteiger charge is 2.28. The van der Waals surface area contributed by atoms with Crippen molar-refractivity contribution in [1.82, 2.24) is 8.75 Å². The van der Waals surface area contributed by atoms with Gasteiger partial charge in [-0.2, -0.15) is 8.75 Å². The Labute approximate surface area is 598 Å². The first-order chi connectivity index (χ1) is 46.3. The molecule has 4 aromatic carbocycles. The normalized spacial score (nSPS) is 13.0. The number of thiophene rings is 6. The van der Waals surface area contributed by atoms with Crippen LogP contribution in [0.3, 0.4) is 0 Å². The van der Waals surface area contributed by atoms with Crippen LogP contribution in [0.1, 0.15) is 237 Å². The zero-order valence-corrected chi connectivity index (χ0v) is 63.8. The highest BCUT2D eigenvalue weighted by atomic mass is 35.5. The molecule has 498 valence electrons. The average Bonchev–Trinajstić information content (AvgIpc) is 1.56. The average molecular weight is 1400 g/mol. The van der Waals surface area contributed by atoms with Crippen LogP contribution < -0.4 is 0 Å². The van der Waals surface area contributed by atoms with Crippen LogP contribution in [0.5, 0.6) is 0 Å². The van der Waals surface area contributed by atoms with E-state index < -0.39 is 0 Å². The first-order valence-electron chi connectivity index (χ1n) is 36.8. The summed E-state index contributed by atoms with van der Waals surface area (Å²) in [5.74, 6) is 2.12. The van der Waals surface area contributed by atoms with Crippen molar-refractivity contribution < 1.29 is 0 Å². The first kappa shape index (κ1) is 71.0. The minimum absolute atomic E-state index is 0.652. The SMILES string of the molecule is CCCCCCCCC(CCCCCC)Cc1ccc(-c2c3cc(-c4ccc(-c5c(Cl)cc(-c6cc(CC(CC)CCCC)c(-c7ccccc7)s6)c6nsnc56)s4)sc3c(-c3ccc(CC(CCCCCC)CCCCCCCC)s3)c3cc(-c4ccccc4)sc23)s1. The van der Waals surface area contributed by atoms with Gasteiger partial charge >= 0.3 is 0 Å². The molecular weight excluding hydrogens is 1300 g/mol. The van der Waals surface area contributed by atoms with Gasteiger partial charge in [0.2, 0.25) is 0 Å². The van der Waals surface area contributed by atoms with Gasteiger partial charge in [0.1, 0.15) is 11.0 Å². The Morgan fingerprint density at radius 2 is 0.809 bits per heavy atom. The summed E-state index contributed by atoms with van der Waals surface area (Å²) >= 11 is 20.9. The highest BCUT2D eigenvalue weighted by Crippen LogP contribution is 2.56. The lowest BCUT2D eigenvalue weighted by Gasteiger charge is -2.16. The lowest BCUT2D eigenvalue weighted by atomic mass is 9.91. The van der Waals surface area contributed by atoms with Crippen LogP contribution in [0, 0.1) is 17.8 Å². The molecule has 7 heterocycles. The van der Waals surface area contributed by atoms with Crippen molar-refractivity contribution in [2.45, 2.75) is 241 Å². The molecule has 0 saturated carbocycles. The van der Waals surface area contributed by atoms with Crippen molar-refractivity contribution in [2.75, 3.05) is 0 Å². The Morgan fingerprint density at radius 1 is 0.351 bits per heavy atom. The number of unbranched alkanes of at least 4 members (excludes halogenated alkanes) is 17. The van der Waals surface area contributed by atoms with Crippen molar-refractivity contribution in [2.24, 2.45) is 17.8 Å². The van der Waals surface area contributed by atoms with Crippen molar-refractivity contribution in [3.05, 3.63) is 142 Å². The molecule has 0 spiro atoms. The molecule has 94 heavy (non-hydrogen) atoms. The number of nitrogens with zero attached hydrogens (tertiary/aromatic N) is 2. The third kappa shape index (κ3) is 18.1. The summed E-state index contributed by atoms with van der Waals surface area (Å²) in [4.78, 5) is 13.5. The van der Waals surface area contributed by atoms with Gasteiger partial charge in [0.15, 0.2) is 0 Å². The molecule has 11 rings (SSSR count). The number of rotatable bonds is 41. The predicted molar refractivity (Wildman–Crippen MR) is 428 cm³/mol. The van der Waals surface area contributed by atoms with Gasteiger partial charge in [-0.1, -0.05) is 294 Å². The standard InChI is InChI=1S/C84H103ClN2S7/c1-7-13-18-22-24-30-39-59(37-28-20-15-9-3)52-64-45-47-71(88-64)77-67-56-74(61-41-32-26-33-42-61)91-83(67)78(72-48-46-65(89-72)53-60(38-29-21-16-10-4)40-31-25-23-19-14-8-2)68-57-76(93-84(68)77)70-49-50-73(90-70)79-69(85)55-66(80-81(79)87-94-86-80)75-54-63(51-58(12-6)36-17-11-5)82(92-75)62-43-34-27-35-44-62/h26-27,32-35,41-50,54-60H,7-25,28-31,36-40,51-53H2,1-6H3. The second kappa shape index (κ2) is 36.5. The molecule has 0 aliphatic rings. The van der Waals surface area contributed by atoms with Gasteiger partial charge in [-0.25, -0.2) is 0 Å². The molecule has 11 aromatic rings. The van der Waals surface area contributed by atoms with Crippen LogP contribution in [0.4, 0.5) is 0 Å². The second-order valence-electron chi connectivity index (χ2n) is 27.2. The van der Waals surface area contributed by atoms with E-state index in [0.717, 1.165) is 50.3 Å². The van der Waals surface area contributed by atoms with Crippen molar-refractivity contribution >= 4 is 123 Å². The molecule has 10 heteroatoms. The van der Waals surface area contributed by atoms with Crippen LogP contribution in [-0.4, -0.2) is 8.75 Å². The fourth-order valence-electron chi connectivity index (χ4n) is 14.5. The number of aromatic nitrogens is 2. The number of benzene rings is 4. The monoisotopic (exact) mass is 1400 g/mol. The fraction of sp³-hybridized carbons (Fsp3) is 0.476. The summed E-state index contributed by atoms with van der Waals surface area (Å²) in [6.45, 7) is 14.0. The Morgan fingerprint density at radius 3 is 1.36 bits per heavy atom. The molecule has 0 fully saturated rings. The molecule has 2 nitrogen and oxygen atoms in total. The smallest absolute Gasteiger partial charge is 0.115 e. The predicted octanol–water partition coefficient (Wildman–Crippen LogP) is 31.2. The van der Waals surface area contributed by atoms with E-state index in [2.05, 4.69) is 186 Å². The van der Waals surface area contributed by atoms with Gasteiger partial charge in [0.05, 0.1) is 16.8 Å². The Balaban J connectivity index is 1.00. The van der Waals surface area contributed by atoms with Gasteiger partial charge < -0.3 is 0 Å². The first-order valence-corrected chi connectivity index (χ1v) is 42.8. The Kier molecular flexibility index (Phi) is 27.6. The molecule has 0 radical (unpaired) electrons. The van der Waals surface area contributed by atoms with E-state index in [1.807, 2.05) is 45.3 Å². The van der Waals surface area contributed by atoms with Gasteiger partial charge in [0.25, 0.3) is 0 Å². The molecule has 0 bridgehead atoms. The van der Waals surface area contributed by atoms with Crippen molar-refractivity contribution in [1.29, 1.82) is 0 Å². The van der Waals surface area contributed by atoms with E-state index >= 15 is 0 Å². The van der Waals surface area contributed by atoms with Gasteiger partial charge in [-0.05, 0) is 114 Å². The summed E-state index contributed by atoms with van der Waals surface area (Å²) in [5.41, 5.74) is 10.8. The number of fused-ring (bicyclic) bond motifs is 3. The van der Waals surface area contributed by atoms with Crippen LogP contribution in [0.2, 0.25) is 5.02 Å². The molecule has 0 amide bonds. The van der Waals surface area contributed by atoms with Crippen LogP contribution >= 0.6 is 91.3 Å². The quantitative estimate of drug-likeness (QED) is 0.0357. The lowest BCUT2D eigenvalue weighted by molar-refractivity contribution is 0.404. The van der Waals surface area contributed by atoms with Gasteiger partial charge in [-0.3, -0.25) is 0 Å². The molecule has 0 N–H and O–H groups in total. The number of hydrogen-bond acceptors (Lipinski definition) is 9. The summed E-state index contributed by atoms with van der Waals surface area (Å²) in [7, 11) is 0. The molecule has 3 unspecified atom stereocenters. The zero-order chi connectivity index (χ0) is 65.0. The minimum Gasteiger partial charge on any atom is -0.172 e. The largest absolute Gasteiger partial charge is 0.172 e. The summed E-state index contributed by atoms with van der Waals surface area (Å²) < 4.78 is 13.0.